The fourth-order valence-electron chi connectivity index (χ4n) is 1.67. The first-order valence-electron chi connectivity index (χ1n) is 5.60. The molecule has 0 saturated carbocycles. The van der Waals surface area contributed by atoms with E-state index in [1.165, 1.54) is 11.5 Å². The molecule has 1 aromatic rings. The molecule has 2 atom stereocenters. The molecule has 100 valence electrons. The molecule has 2 unspecified atom stereocenters. The van der Waals surface area contributed by atoms with Crippen molar-refractivity contribution in [2.75, 3.05) is 0 Å². The zero-order valence-electron chi connectivity index (χ0n) is 9.98. The summed E-state index contributed by atoms with van der Waals surface area (Å²) in [6.07, 6.45) is 1.31. The third-order valence-corrected chi connectivity index (χ3v) is 3.95. The van der Waals surface area contributed by atoms with E-state index < -0.39 is 22.7 Å². The van der Waals surface area contributed by atoms with Crippen LogP contribution < -0.4 is 5.73 Å². The summed E-state index contributed by atoms with van der Waals surface area (Å²) in [5.41, 5.74) is 4.85. The number of nitrogens with two attached hydrogens (primary N) is 1. The summed E-state index contributed by atoms with van der Waals surface area (Å²) in [7, 11) is 0. The maximum Gasteiger partial charge on any atom is 0.329 e. The van der Waals surface area contributed by atoms with Crippen LogP contribution in [0.25, 0.3) is 0 Å². The summed E-state index contributed by atoms with van der Waals surface area (Å²) in [6, 6.07) is 9.16. The second-order valence-electron chi connectivity index (χ2n) is 4.15. The molecule has 19 heavy (non-hydrogen) atoms. The van der Waals surface area contributed by atoms with Crippen LogP contribution in [0.15, 0.2) is 41.8 Å². The predicted octanol–water partition coefficient (Wildman–Crippen LogP) is 1.14. The number of rotatable bonds is 4. The van der Waals surface area contributed by atoms with Gasteiger partial charge in [-0.15, -0.1) is 11.8 Å². The van der Waals surface area contributed by atoms with Gasteiger partial charge in [0.15, 0.2) is 5.54 Å². The molecule has 1 aromatic carbocycles. The zero-order chi connectivity index (χ0) is 13.9. The summed E-state index contributed by atoms with van der Waals surface area (Å²) in [4.78, 5) is 23.0. The average molecular weight is 279 g/mol. The normalized spacial score (nSPS) is 25.2. The van der Waals surface area contributed by atoms with Crippen LogP contribution in [-0.4, -0.2) is 27.8 Å². The lowest BCUT2D eigenvalue weighted by Gasteiger charge is -2.23. The molecule has 6 heteroatoms. The molecule has 0 fully saturated rings. The van der Waals surface area contributed by atoms with Crippen molar-refractivity contribution >= 4 is 23.7 Å². The molecule has 3 N–H and O–H groups in total. The Morgan fingerprint density at radius 2 is 2.05 bits per heavy atom. The first-order valence-corrected chi connectivity index (χ1v) is 6.54. The number of benzene rings is 1. The highest BCUT2D eigenvalue weighted by molar-refractivity contribution is 8.03. The lowest BCUT2D eigenvalue weighted by molar-refractivity contribution is -0.151. The molecule has 1 aliphatic rings. The van der Waals surface area contributed by atoms with Gasteiger partial charge in [-0.1, -0.05) is 30.3 Å². The lowest BCUT2D eigenvalue weighted by Crippen LogP contribution is -2.55. The van der Waals surface area contributed by atoms with Gasteiger partial charge in [0.05, 0.1) is 0 Å². The second kappa shape index (κ2) is 5.46. The minimum atomic E-state index is -1.70. The third kappa shape index (κ3) is 2.80. The minimum absolute atomic E-state index is 0.104. The van der Waals surface area contributed by atoms with Crippen LogP contribution in [0.3, 0.4) is 0 Å². The van der Waals surface area contributed by atoms with E-state index in [4.69, 9.17) is 15.6 Å². The summed E-state index contributed by atoms with van der Waals surface area (Å²) >= 11 is 1.06. The molecule has 0 saturated heterocycles. The Kier molecular flexibility index (Phi) is 3.92. The monoisotopic (exact) mass is 279 g/mol. The number of ether oxygens (including phenoxy) is 1. The van der Waals surface area contributed by atoms with Crippen LogP contribution in [0.5, 0.6) is 0 Å². The van der Waals surface area contributed by atoms with Gasteiger partial charge in [-0.3, -0.25) is 4.79 Å². The number of hydrogen-bond donors (Lipinski definition) is 2. The van der Waals surface area contributed by atoms with Gasteiger partial charge in [0.25, 0.3) is 0 Å². The smallest absolute Gasteiger partial charge is 0.329 e. The summed E-state index contributed by atoms with van der Waals surface area (Å²) in [6.45, 7) is 0.104. The highest BCUT2D eigenvalue weighted by Gasteiger charge is 2.48. The van der Waals surface area contributed by atoms with Gasteiger partial charge in [0, 0.05) is 0 Å². The van der Waals surface area contributed by atoms with E-state index in [0.717, 1.165) is 17.3 Å². The van der Waals surface area contributed by atoms with Crippen LogP contribution in [0.4, 0.5) is 0 Å². The fourth-order valence-corrected chi connectivity index (χ4v) is 2.71. The standard InChI is InChI=1S/C13H13NO4S/c14-13(12(16)17)6-7-19-10(13)11(15)18-8-9-4-2-1-3-5-9/h1-7,10H,8,14H2,(H,16,17). The second-order valence-corrected chi connectivity index (χ2v) is 5.17. The number of carboxylic acids is 1. The number of esters is 1. The fraction of sp³-hybridized carbons (Fsp3) is 0.231. The van der Waals surface area contributed by atoms with Crippen molar-refractivity contribution in [2.45, 2.75) is 17.4 Å². The molecule has 0 amide bonds. The van der Waals surface area contributed by atoms with Gasteiger partial charge >= 0.3 is 11.9 Å². The molecule has 1 aliphatic heterocycles. The van der Waals surface area contributed by atoms with Crippen molar-refractivity contribution < 1.29 is 19.4 Å². The number of carboxylic acid groups (broad SMARTS) is 1. The van der Waals surface area contributed by atoms with E-state index in [2.05, 4.69) is 0 Å². The van der Waals surface area contributed by atoms with Gasteiger partial charge in [-0.05, 0) is 17.0 Å². The molecular formula is C13H13NO4S. The topological polar surface area (TPSA) is 89.6 Å². The molecular weight excluding hydrogens is 266 g/mol. The Hall–Kier alpha value is -1.79. The molecule has 0 aliphatic carbocycles. The number of carbonyl (C=O) groups is 2. The van der Waals surface area contributed by atoms with Crippen molar-refractivity contribution in [3.8, 4) is 0 Å². The molecule has 0 radical (unpaired) electrons. The van der Waals surface area contributed by atoms with Crippen molar-refractivity contribution in [2.24, 2.45) is 5.73 Å². The van der Waals surface area contributed by atoms with E-state index >= 15 is 0 Å². The van der Waals surface area contributed by atoms with Crippen LogP contribution >= 0.6 is 11.8 Å². The zero-order valence-corrected chi connectivity index (χ0v) is 10.8. The Bertz CT molecular complexity index is 517. The van der Waals surface area contributed by atoms with Crippen molar-refractivity contribution in [1.29, 1.82) is 0 Å². The highest BCUT2D eigenvalue weighted by Crippen LogP contribution is 2.33. The number of thioether (sulfide) groups is 1. The highest BCUT2D eigenvalue weighted by atomic mass is 32.2. The van der Waals surface area contributed by atoms with E-state index in [1.807, 2.05) is 30.3 Å². The Labute approximate surface area is 114 Å². The largest absolute Gasteiger partial charge is 0.480 e. The number of carbonyl (C=O) groups excluding carboxylic acids is 1. The van der Waals surface area contributed by atoms with Crippen molar-refractivity contribution in [3.63, 3.8) is 0 Å². The predicted molar refractivity (Wildman–Crippen MR) is 71.3 cm³/mol. The lowest BCUT2D eigenvalue weighted by atomic mass is 9.97. The summed E-state index contributed by atoms with van der Waals surface area (Å²) in [5, 5.41) is 9.65. The molecule has 0 spiro atoms. The molecule has 0 bridgehead atoms. The molecule has 2 rings (SSSR count). The van der Waals surface area contributed by atoms with Crippen molar-refractivity contribution in [3.05, 3.63) is 47.4 Å². The quantitative estimate of drug-likeness (QED) is 0.803. The third-order valence-electron chi connectivity index (χ3n) is 2.80. The van der Waals surface area contributed by atoms with Gasteiger partial charge in [-0.2, -0.15) is 0 Å². The minimum Gasteiger partial charge on any atom is -0.480 e. The average Bonchev–Trinajstić information content (AvgIpc) is 2.81. The first-order chi connectivity index (χ1) is 9.04. The molecule has 1 heterocycles. The van der Waals surface area contributed by atoms with Gasteiger partial charge in [0.1, 0.15) is 11.9 Å². The molecule has 0 aromatic heterocycles. The van der Waals surface area contributed by atoms with E-state index in [9.17, 15) is 9.59 Å². The Balaban J connectivity index is 1.99. The number of aliphatic carboxylic acids is 1. The first kappa shape index (κ1) is 13.6. The Morgan fingerprint density at radius 1 is 1.37 bits per heavy atom. The van der Waals surface area contributed by atoms with E-state index in [1.54, 1.807) is 0 Å². The summed E-state index contributed by atoms with van der Waals surface area (Å²) in [5.74, 6) is -1.86. The van der Waals surface area contributed by atoms with Crippen LogP contribution in [0.2, 0.25) is 0 Å². The van der Waals surface area contributed by atoms with Crippen LogP contribution in [0, 0.1) is 0 Å². The SMILES string of the molecule is NC1(C(=O)O)C=CSC1C(=O)OCc1ccccc1. The summed E-state index contributed by atoms with van der Waals surface area (Å²) < 4.78 is 5.11. The van der Waals surface area contributed by atoms with Crippen LogP contribution in [0.1, 0.15) is 5.56 Å². The molecule has 5 nitrogen and oxygen atoms in total. The van der Waals surface area contributed by atoms with Gasteiger partial charge < -0.3 is 15.6 Å². The Morgan fingerprint density at radius 3 is 2.68 bits per heavy atom. The van der Waals surface area contributed by atoms with E-state index in [-0.39, 0.29) is 6.61 Å². The van der Waals surface area contributed by atoms with Crippen LogP contribution in [-0.2, 0) is 20.9 Å². The maximum atomic E-state index is 11.9. The van der Waals surface area contributed by atoms with Crippen molar-refractivity contribution in [1.82, 2.24) is 0 Å². The maximum absolute atomic E-state index is 11.9. The van der Waals surface area contributed by atoms with Gasteiger partial charge in [0.2, 0.25) is 0 Å². The number of hydrogen-bond acceptors (Lipinski definition) is 5. The van der Waals surface area contributed by atoms with Gasteiger partial charge in [-0.25, -0.2) is 4.79 Å². The van der Waals surface area contributed by atoms with E-state index in [0.29, 0.717) is 0 Å².